The van der Waals surface area contributed by atoms with Gasteiger partial charge < -0.3 is 15.4 Å². The first-order chi connectivity index (χ1) is 9.60. The van der Waals surface area contributed by atoms with E-state index in [2.05, 4.69) is 6.92 Å². The molecule has 0 aliphatic carbocycles. The highest BCUT2D eigenvalue weighted by atomic mass is 19.1. The predicted octanol–water partition coefficient (Wildman–Crippen LogP) is 2.03. The molecule has 0 spiro atoms. The van der Waals surface area contributed by atoms with Gasteiger partial charge in [-0.2, -0.15) is 0 Å². The van der Waals surface area contributed by atoms with E-state index in [0.29, 0.717) is 19.0 Å². The molecule has 0 aromatic heterocycles. The maximum absolute atomic E-state index is 13.7. The molecular weight excluding hydrogens is 259 g/mol. The van der Waals surface area contributed by atoms with E-state index in [-0.39, 0.29) is 23.3 Å². The van der Waals surface area contributed by atoms with E-state index < -0.39 is 5.82 Å². The molecule has 1 saturated heterocycles. The van der Waals surface area contributed by atoms with Gasteiger partial charge in [-0.3, -0.25) is 4.79 Å². The Kier molecular flexibility index (Phi) is 4.60. The number of para-hydroxylation sites is 1. The molecular formula is C15H21FN2O2. The molecule has 5 heteroatoms. The molecule has 1 aliphatic heterocycles. The molecule has 4 nitrogen and oxygen atoms in total. The number of ether oxygens (including phenoxy) is 1. The maximum Gasteiger partial charge on any atom is 0.258 e. The van der Waals surface area contributed by atoms with Crippen molar-refractivity contribution in [1.29, 1.82) is 0 Å². The van der Waals surface area contributed by atoms with Crippen LogP contribution in [0.3, 0.4) is 0 Å². The summed E-state index contributed by atoms with van der Waals surface area (Å²) in [5.41, 5.74) is 6.07. The van der Waals surface area contributed by atoms with Crippen molar-refractivity contribution in [2.45, 2.75) is 25.8 Å². The van der Waals surface area contributed by atoms with Crippen LogP contribution in [-0.2, 0) is 0 Å². The summed E-state index contributed by atoms with van der Waals surface area (Å²) in [7, 11) is 1.37. The number of likely N-dealkylation sites (tertiary alicyclic amines) is 1. The van der Waals surface area contributed by atoms with E-state index in [1.165, 1.54) is 19.2 Å². The summed E-state index contributed by atoms with van der Waals surface area (Å²) < 4.78 is 18.7. The largest absolute Gasteiger partial charge is 0.493 e. The van der Waals surface area contributed by atoms with E-state index in [1.54, 1.807) is 11.0 Å². The van der Waals surface area contributed by atoms with Crippen molar-refractivity contribution >= 4 is 5.91 Å². The van der Waals surface area contributed by atoms with Crippen LogP contribution in [0, 0.1) is 11.7 Å². The van der Waals surface area contributed by atoms with Crippen molar-refractivity contribution in [3.05, 3.63) is 29.6 Å². The van der Waals surface area contributed by atoms with Gasteiger partial charge in [0.2, 0.25) is 0 Å². The topological polar surface area (TPSA) is 55.6 Å². The molecule has 1 amide bonds. The Labute approximate surface area is 118 Å². The Morgan fingerprint density at radius 2 is 2.30 bits per heavy atom. The molecule has 1 heterocycles. The Hall–Kier alpha value is -1.62. The molecule has 1 aromatic carbocycles. The van der Waals surface area contributed by atoms with Gasteiger partial charge in [-0.15, -0.1) is 0 Å². The molecule has 0 unspecified atom stereocenters. The number of carbonyl (C=O) groups is 1. The molecule has 2 N–H and O–H groups in total. The van der Waals surface area contributed by atoms with E-state index in [0.717, 1.165) is 12.8 Å². The third kappa shape index (κ3) is 2.63. The Morgan fingerprint density at radius 1 is 1.55 bits per heavy atom. The third-order valence-electron chi connectivity index (χ3n) is 4.02. The van der Waals surface area contributed by atoms with Crippen molar-refractivity contribution in [3.63, 3.8) is 0 Å². The highest BCUT2D eigenvalue weighted by Crippen LogP contribution is 2.28. The van der Waals surface area contributed by atoms with Crippen molar-refractivity contribution in [3.8, 4) is 5.75 Å². The zero-order valence-corrected chi connectivity index (χ0v) is 11.9. The van der Waals surface area contributed by atoms with E-state index in [1.807, 2.05) is 0 Å². The summed E-state index contributed by atoms with van der Waals surface area (Å²) in [6.07, 6.45) is 2.01. The normalized spacial score (nSPS) is 22.7. The summed E-state index contributed by atoms with van der Waals surface area (Å²) in [6.45, 7) is 3.18. The summed E-state index contributed by atoms with van der Waals surface area (Å²) in [4.78, 5) is 14.4. The van der Waals surface area contributed by atoms with E-state index in [4.69, 9.17) is 10.5 Å². The Morgan fingerprint density at radius 3 is 2.95 bits per heavy atom. The molecule has 1 aromatic rings. The summed E-state index contributed by atoms with van der Waals surface area (Å²) in [6, 6.07) is 4.41. The number of nitrogens with zero attached hydrogens (tertiary/aromatic N) is 1. The van der Waals surface area contributed by atoms with Crippen LogP contribution in [0.2, 0.25) is 0 Å². The predicted molar refractivity (Wildman–Crippen MR) is 75.2 cm³/mol. The number of methoxy groups -OCH3 is 1. The van der Waals surface area contributed by atoms with E-state index >= 15 is 0 Å². The van der Waals surface area contributed by atoms with Crippen LogP contribution >= 0.6 is 0 Å². The lowest BCUT2D eigenvalue weighted by Crippen LogP contribution is -2.51. The molecule has 0 radical (unpaired) electrons. The van der Waals surface area contributed by atoms with Crippen LogP contribution < -0.4 is 10.5 Å². The number of benzene rings is 1. The van der Waals surface area contributed by atoms with Crippen LogP contribution in [0.15, 0.2) is 18.2 Å². The highest BCUT2D eigenvalue weighted by molar-refractivity contribution is 5.97. The minimum Gasteiger partial charge on any atom is -0.493 e. The maximum atomic E-state index is 13.7. The van der Waals surface area contributed by atoms with Crippen LogP contribution in [0.5, 0.6) is 5.75 Å². The number of carbonyl (C=O) groups excluding carboxylic acids is 1. The fraction of sp³-hybridized carbons (Fsp3) is 0.533. The molecule has 2 atom stereocenters. The average Bonchev–Trinajstić information content (AvgIpc) is 2.46. The zero-order valence-electron chi connectivity index (χ0n) is 11.9. The number of rotatable bonds is 3. The second-order valence-electron chi connectivity index (χ2n) is 5.24. The Balaban J connectivity index is 2.33. The average molecular weight is 280 g/mol. The van der Waals surface area contributed by atoms with Crippen LogP contribution in [0.25, 0.3) is 0 Å². The smallest absolute Gasteiger partial charge is 0.258 e. The van der Waals surface area contributed by atoms with Crippen molar-refractivity contribution in [2.24, 2.45) is 11.7 Å². The lowest BCUT2D eigenvalue weighted by atomic mass is 9.90. The lowest BCUT2D eigenvalue weighted by Gasteiger charge is -2.39. The number of piperidine rings is 1. The number of amides is 1. The van der Waals surface area contributed by atoms with Crippen molar-refractivity contribution in [2.75, 3.05) is 20.2 Å². The fourth-order valence-corrected chi connectivity index (χ4v) is 2.90. The van der Waals surface area contributed by atoms with Gasteiger partial charge in [-0.05, 0) is 30.9 Å². The first-order valence-electron chi connectivity index (χ1n) is 6.93. The lowest BCUT2D eigenvalue weighted by molar-refractivity contribution is 0.0528. The number of nitrogens with two attached hydrogens (primary N) is 1. The van der Waals surface area contributed by atoms with Gasteiger partial charge in [0.15, 0.2) is 11.6 Å². The van der Waals surface area contributed by atoms with Gasteiger partial charge in [-0.25, -0.2) is 4.39 Å². The van der Waals surface area contributed by atoms with Crippen LogP contribution in [0.4, 0.5) is 4.39 Å². The number of halogens is 1. The minimum atomic E-state index is -0.521. The van der Waals surface area contributed by atoms with Gasteiger partial charge in [0.1, 0.15) is 0 Å². The second-order valence-corrected chi connectivity index (χ2v) is 5.24. The van der Waals surface area contributed by atoms with Gasteiger partial charge in [0.05, 0.1) is 12.7 Å². The van der Waals surface area contributed by atoms with Crippen LogP contribution in [0.1, 0.15) is 30.1 Å². The quantitative estimate of drug-likeness (QED) is 0.921. The minimum absolute atomic E-state index is 0.00391. The van der Waals surface area contributed by atoms with E-state index in [9.17, 15) is 9.18 Å². The Bertz CT molecular complexity index is 493. The first-order valence-corrected chi connectivity index (χ1v) is 6.93. The van der Waals surface area contributed by atoms with Crippen LogP contribution in [-0.4, -0.2) is 37.0 Å². The van der Waals surface area contributed by atoms with Gasteiger partial charge >= 0.3 is 0 Å². The SMILES string of the molecule is COc1c(F)cccc1C(=O)N1CCC[C@@H](C)[C@H]1CN. The molecule has 110 valence electrons. The molecule has 0 saturated carbocycles. The number of hydrogen-bond acceptors (Lipinski definition) is 3. The van der Waals surface area contributed by atoms with Gasteiger partial charge in [-0.1, -0.05) is 13.0 Å². The highest BCUT2D eigenvalue weighted by Gasteiger charge is 2.32. The first kappa shape index (κ1) is 14.8. The standard InChI is InChI=1S/C15H21FN2O2/c1-10-5-4-8-18(13(10)9-17)15(19)11-6-3-7-12(16)14(11)20-2/h3,6-7,10,13H,4-5,8-9,17H2,1-2H3/t10-,13-/m1/s1. The number of hydrogen-bond donors (Lipinski definition) is 1. The molecule has 0 bridgehead atoms. The van der Waals surface area contributed by atoms with Crippen molar-refractivity contribution < 1.29 is 13.9 Å². The summed E-state index contributed by atoms with van der Waals surface area (Å²) in [5.74, 6) is -0.361. The monoisotopic (exact) mass is 280 g/mol. The second kappa shape index (κ2) is 6.22. The van der Waals surface area contributed by atoms with Gasteiger partial charge in [0, 0.05) is 19.1 Å². The molecule has 2 rings (SSSR count). The summed E-state index contributed by atoms with van der Waals surface area (Å²) >= 11 is 0. The molecule has 1 aliphatic rings. The van der Waals surface area contributed by atoms with Crippen molar-refractivity contribution in [1.82, 2.24) is 4.90 Å². The molecule has 1 fully saturated rings. The van der Waals surface area contributed by atoms with Gasteiger partial charge in [0.25, 0.3) is 5.91 Å². The fourth-order valence-electron chi connectivity index (χ4n) is 2.90. The summed E-state index contributed by atoms with van der Waals surface area (Å²) in [5, 5.41) is 0. The zero-order chi connectivity index (χ0) is 14.7. The molecule has 20 heavy (non-hydrogen) atoms. The third-order valence-corrected chi connectivity index (χ3v) is 4.02.